The average molecular weight is 559 g/mol. The molecule has 2 amide bonds. The van der Waals surface area contributed by atoms with Crippen LogP contribution in [0.4, 0.5) is 5.00 Å². The summed E-state index contributed by atoms with van der Waals surface area (Å²) in [5, 5.41) is 3.49. The van der Waals surface area contributed by atoms with Gasteiger partial charge in [0, 0.05) is 50.2 Å². The number of likely N-dealkylation sites (N-methyl/N-ethyl adjacent to an activating group) is 1. The van der Waals surface area contributed by atoms with Crippen molar-refractivity contribution in [3.63, 3.8) is 0 Å². The summed E-state index contributed by atoms with van der Waals surface area (Å²) in [4.78, 5) is 31.3. The van der Waals surface area contributed by atoms with Crippen molar-refractivity contribution in [3.8, 4) is 0 Å². The maximum Gasteiger partial charge on any atom is 0.256 e. The zero-order chi connectivity index (χ0) is 27.6. The van der Waals surface area contributed by atoms with Gasteiger partial charge in [0.25, 0.3) is 11.8 Å². The van der Waals surface area contributed by atoms with Crippen molar-refractivity contribution >= 4 is 38.2 Å². The summed E-state index contributed by atoms with van der Waals surface area (Å²) in [6, 6.07) is 6.18. The van der Waals surface area contributed by atoms with E-state index in [0.29, 0.717) is 22.7 Å². The lowest BCUT2D eigenvalue weighted by molar-refractivity contribution is 0.0827. The Morgan fingerprint density at radius 3 is 2.45 bits per heavy atom. The van der Waals surface area contributed by atoms with E-state index in [1.54, 1.807) is 30.5 Å². The molecule has 8 nitrogen and oxygen atoms in total. The van der Waals surface area contributed by atoms with Gasteiger partial charge in [0.1, 0.15) is 5.00 Å². The molecular formula is C28H38N4O4S2. The van der Waals surface area contributed by atoms with Crippen molar-refractivity contribution in [1.82, 2.24) is 14.1 Å². The number of nitrogens with one attached hydrogen (secondary N) is 1. The topological polar surface area (TPSA) is 90.0 Å². The molecule has 2 unspecified atom stereocenters. The van der Waals surface area contributed by atoms with E-state index in [-0.39, 0.29) is 33.6 Å². The molecule has 2 bridgehead atoms. The standard InChI is InChI=1S/C28H38N4O4S2/c1-27(2)13-19-14-28(3,16-27)17-32(19)38(35,36)20-9-7-18(8-10-20)24(33)29-25-23(26(34)30(4)5)21-11-12-31(6)15-22(21)37-25/h7-10,19H,11-17H2,1-6H3,(H,29,33). The lowest BCUT2D eigenvalue weighted by atomic mass is 9.65. The van der Waals surface area contributed by atoms with E-state index < -0.39 is 10.0 Å². The van der Waals surface area contributed by atoms with Gasteiger partial charge < -0.3 is 15.1 Å². The van der Waals surface area contributed by atoms with E-state index in [2.05, 4.69) is 31.0 Å². The minimum Gasteiger partial charge on any atom is -0.345 e. The maximum absolute atomic E-state index is 13.6. The third-order valence-corrected chi connectivity index (χ3v) is 11.2. The number of nitrogens with zero attached hydrogens (tertiary/aromatic N) is 3. The first-order valence-corrected chi connectivity index (χ1v) is 15.4. The Labute approximate surface area is 230 Å². The van der Waals surface area contributed by atoms with Crippen LogP contribution in [0.15, 0.2) is 29.2 Å². The summed E-state index contributed by atoms with van der Waals surface area (Å²) >= 11 is 1.44. The Hall–Kier alpha value is -2.27. The predicted molar refractivity (Wildman–Crippen MR) is 150 cm³/mol. The number of hydrogen-bond acceptors (Lipinski definition) is 6. The molecule has 2 fully saturated rings. The second-order valence-corrected chi connectivity index (χ2v) is 15.6. The summed E-state index contributed by atoms with van der Waals surface area (Å²) in [6.07, 6.45) is 3.53. The first-order chi connectivity index (χ1) is 17.7. The molecule has 206 valence electrons. The predicted octanol–water partition coefficient (Wildman–Crippen LogP) is 4.28. The van der Waals surface area contributed by atoms with E-state index in [9.17, 15) is 18.0 Å². The van der Waals surface area contributed by atoms with Crippen molar-refractivity contribution in [2.24, 2.45) is 10.8 Å². The highest BCUT2D eigenvalue weighted by molar-refractivity contribution is 7.89. The lowest BCUT2D eigenvalue weighted by Crippen LogP contribution is -2.37. The van der Waals surface area contributed by atoms with Crippen LogP contribution in [0, 0.1) is 10.8 Å². The fourth-order valence-electron chi connectivity index (χ4n) is 6.85. The molecule has 2 aliphatic heterocycles. The van der Waals surface area contributed by atoms with Gasteiger partial charge in [-0.25, -0.2) is 8.42 Å². The second-order valence-electron chi connectivity index (χ2n) is 12.6. The Kier molecular flexibility index (Phi) is 6.78. The van der Waals surface area contributed by atoms with E-state index in [1.807, 2.05) is 7.05 Å². The van der Waals surface area contributed by atoms with Crippen LogP contribution in [0.3, 0.4) is 0 Å². The van der Waals surface area contributed by atoms with Crippen LogP contribution in [0.5, 0.6) is 0 Å². The van der Waals surface area contributed by atoms with Crippen LogP contribution in [-0.4, -0.2) is 74.6 Å². The summed E-state index contributed by atoms with van der Waals surface area (Å²) < 4.78 is 28.9. The number of thiophene rings is 1. The monoisotopic (exact) mass is 558 g/mol. The third-order valence-electron chi connectivity index (χ3n) is 8.18. The molecule has 5 rings (SSSR count). The van der Waals surface area contributed by atoms with Crippen molar-refractivity contribution in [3.05, 3.63) is 45.8 Å². The largest absolute Gasteiger partial charge is 0.345 e. The number of anilines is 1. The second kappa shape index (κ2) is 9.43. The number of carbonyl (C=O) groups excluding carboxylic acids is 2. The highest BCUT2D eigenvalue weighted by Gasteiger charge is 2.53. The van der Waals surface area contributed by atoms with Gasteiger partial charge in [-0.05, 0) is 73.4 Å². The molecule has 1 saturated carbocycles. The van der Waals surface area contributed by atoms with Gasteiger partial charge in [-0.3, -0.25) is 9.59 Å². The SMILES string of the molecule is CN1CCc2c(sc(NC(=O)c3ccc(S(=O)(=O)N4CC5(C)CC4CC(C)(C)C5)cc3)c2C(=O)N(C)C)C1. The molecule has 1 aromatic heterocycles. The number of carbonyl (C=O) groups is 2. The number of sulfonamides is 1. The zero-order valence-corrected chi connectivity index (χ0v) is 24.8. The zero-order valence-electron chi connectivity index (χ0n) is 23.1. The van der Waals surface area contributed by atoms with Crippen LogP contribution in [0.2, 0.25) is 0 Å². The van der Waals surface area contributed by atoms with Crippen LogP contribution < -0.4 is 5.32 Å². The average Bonchev–Trinajstić information content (AvgIpc) is 3.30. The lowest BCUT2D eigenvalue weighted by Gasteiger charge is -2.39. The van der Waals surface area contributed by atoms with Gasteiger partial charge >= 0.3 is 0 Å². The normalized spacial score (nSPS) is 25.2. The summed E-state index contributed by atoms with van der Waals surface area (Å²) in [5.41, 5.74) is 2.04. The Bertz CT molecular complexity index is 1380. The Balaban J connectivity index is 1.37. The number of fused-ring (bicyclic) bond motifs is 3. The van der Waals surface area contributed by atoms with Crippen LogP contribution in [0.25, 0.3) is 0 Å². The number of rotatable bonds is 5. The molecule has 1 aromatic carbocycles. The van der Waals surface area contributed by atoms with Crippen LogP contribution in [-0.2, 0) is 23.0 Å². The molecule has 0 radical (unpaired) electrons. The van der Waals surface area contributed by atoms with Gasteiger partial charge in [0.15, 0.2) is 0 Å². The number of benzene rings is 1. The molecule has 3 heterocycles. The molecule has 38 heavy (non-hydrogen) atoms. The van der Waals surface area contributed by atoms with E-state index in [1.165, 1.54) is 28.4 Å². The fourth-order valence-corrected chi connectivity index (χ4v) is 9.94. The minimum absolute atomic E-state index is 0.00427. The molecule has 1 N–H and O–H groups in total. The first-order valence-electron chi connectivity index (χ1n) is 13.2. The van der Waals surface area contributed by atoms with Gasteiger partial charge in [-0.1, -0.05) is 20.8 Å². The Morgan fingerprint density at radius 2 is 1.79 bits per heavy atom. The summed E-state index contributed by atoms with van der Waals surface area (Å²) in [7, 11) is 1.79. The molecule has 2 atom stereocenters. The molecule has 10 heteroatoms. The van der Waals surface area contributed by atoms with Crippen molar-refractivity contribution in [1.29, 1.82) is 0 Å². The molecule has 1 aliphatic carbocycles. The quantitative estimate of drug-likeness (QED) is 0.592. The highest BCUT2D eigenvalue weighted by atomic mass is 32.2. The van der Waals surface area contributed by atoms with Crippen molar-refractivity contribution < 1.29 is 18.0 Å². The van der Waals surface area contributed by atoms with E-state index in [0.717, 1.165) is 49.2 Å². The van der Waals surface area contributed by atoms with Gasteiger partial charge in [-0.15, -0.1) is 11.3 Å². The smallest absolute Gasteiger partial charge is 0.256 e. The molecular weight excluding hydrogens is 520 g/mol. The minimum atomic E-state index is -3.67. The molecule has 3 aliphatic rings. The van der Waals surface area contributed by atoms with Crippen LogP contribution >= 0.6 is 11.3 Å². The first kappa shape index (κ1) is 27.3. The summed E-state index contributed by atoms with van der Waals surface area (Å²) in [5.74, 6) is -0.489. The number of amides is 2. The van der Waals surface area contributed by atoms with Gasteiger partial charge in [0.05, 0.1) is 10.5 Å². The Morgan fingerprint density at radius 1 is 1.11 bits per heavy atom. The van der Waals surface area contributed by atoms with Crippen molar-refractivity contribution in [2.75, 3.05) is 39.5 Å². The van der Waals surface area contributed by atoms with Crippen molar-refractivity contribution in [2.45, 2.75) is 63.9 Å². The highest BCUT2D eigenvalue weighted by Crippen LogP contribution is 2.53. The number of hydrogen-bond donors (Lipinski definition) is 1. The van der Waals surface area contributed by atoms with Crippen LogP contribution in [0.1, 0.15) is 71.2 Å². The molecule has 2 aromatic rings. The summed E-state index contributed by atoms with van der Waals surface area (Å²) in [6.45, 7) is 8.77. The maximum atomic E-state index is 13.6. The van der Waals surface area contributed by atoms with Gasteiger partial charge in [-0.2, -0.15) is 4.31 Å². The molecule has 1 saturated heterocycles. The third kappa shape index (κ3) is 4.92. The van der Waals surface area contributed by atoms with E-state index >= 15 is 0 Å². The molecule has 0 spiro atoms. The fraction of sp³-hybridized carbons (Fsp3) is 0.571. The van der Waals surface area contributed by atoms with E-state index in [4.69, 9.17) is 0 Å². The van der Waals surface area contributed by atoms with Gasteiger partial charge in [0.2, 0.25) is 10.0 Å².